The number of para-hydroxylation sites is 1. The molecule has 2 aromatic carbocycles. The molecule has 1 fully saturated rings. The first-order chi connectivity index (χ1) is 17.8. The highest BCUT2D eigenvalue weighted by Gasteiger charge is 2.34. The van der Waals surface area contributed by atoms with Crippen molar-refractivity contribution in [3.8, 4) is 0 Å². The molecule has 1 N–H and O–H groups in total. The van der Waals surface area contributed by atoms with Crippen LogP contribution in [0.25, 0.3) is 17.0 Å². The van der Waals surface area contributed by atoms with Crippen molar-refractivity contribution in [2.45, 2.75) is 13.1 Å². The Morgan fingerprint density at radius 2 is 1.92 bits per heavy atom. The average Bonchev–Trinajstić information content (AvgIpc) is 3.58. The van der Waals surface area contributed by atoms with Crippen LogP contribution in [0, 0.1) is 10.1 Å². The summed E-state index contributed by atoms with van der Waals surface area (Å²) in [5, 5.41) is 14.6. The van der Waals surface area contributed by atoms with Crippen molar-refractivity contribution in [3.05, 3.63) is 105 Å². The molecule has 2 aromatic heterocycles. The summed E-state index contributed by atoms with van der Waals surface area (Å²) in [4.78, 5) is 48.9. The summed E-state index contributed by atoms with van der Waals surface area (Å²) in [6.45, 7) is 0.215. The lowest BCUT2D eigenvalue weighted by Gasteiger charge is -2.09. The number of non-ortho nitro benzene ring substituents is 1. The van der Waals surface area contributed by atoms with Gasteiger partial charge in [0.15, 0.2) is 0 Å². The number of amides is 3. The fraction of sp³-hybridized carbons (Fsp3) is 0.115. The van der Waals surface area contributed by atoms with Gasteiger partial charge in [-0.3, -0.25) is 19.8 Å². The molecule has 0 bridgehead atoms. The van der Waals surface area contributed by atoms with E-state index in [0.717, 1.165) is 21.4 Å². The van der Waals surface area contributed by atoms with Crippen LogP contribution in [0.1, 0.15) is 27.4 Å². The van der Waals surface area contributed by atoms with Gasteiger partial charge in [-0.2, -0.15) is 0 Å². The number of nitrogens with one attached hydrogen (secondary N) is 1. The number of hydrogen-bond donors (Lipinski definition) is 1. The topological polar surface area (TPSA) is 137 Å². The van der Waals surface area contributed by atoms with Gasteiger partial charge in [0.1, 0.15) is 11.5 Å². The maximum Gasteiger partial charge on any atom is 0.373 e. The number of fused-ring (bicyclic) bond motifs is 1. The first-order valence-corrected chi connectivity index (χ1v) is 11.2. The molecule has 37 heavy (non-hydrogen) atoms. The first kappa shape index (κ1) is 23.5. The van der Waals surface area contributed by atoms with Crippen molar-refractivity contribution in [1.82, 2.24) is 14.8 Å². The number of aromatic nitrogens is 1. The molecular weight excluding hydrogens is 480 g/mol. The molecule has 11 nitrogen and oxygen atoms in total. The second-order valence-electron chi connectivity index (χ2n) is 8.29. The van der Waals surface area contributed by atoms with Crippen LogP contribution >= 0.6 is 0 Å². The van der Waals surface area contributed by atoms with E-state index >= 15 is 0 Å². The van der Waals surface area contributed by atoms with Crippen molar-refractivity contribution in [1.29, 1.82) is 0 Å². The number of imide groups is 1. The summed E-state index contributed by atoms with van der Waals surface area (Å²) >= 11 is 0. The van der Waals surface area contributed by atoms with Crippen LogP contribution in [0.2, 0.25) is 0 Å². The number of carbonyl (C=O) groups excluding carboxylic acids is 3. The first-order valence-electron chi connectivity index (χ1n) is 11.2. The molecule has 3 heterocycles. The third-order valence-electron chi connectivity index (χ3n) is 5.92. The standard InChI is InChI=1S/C26H20N4O7/c1-36-25(32)23-10-9-19(37-23)15-29-24(31)21(27-26(29)33)12-17-14-28(22-8-3-2-7-20(17)22)13-16-5-4-6-18(11-16)30(34)35/h2-12,14H,13,15H2,1H3,(H,27,33). The fourth-order valence-electron chi connectivity index (χ4n) is 4.19. The molecule has 0 saturated carbocycles. The molecule has 0 aliphatic carbocycles. The number of carbonyl (C=O) groups is 3. The summed E-state index contributed by atoms with van der Waals surface area (Å²) in [6, 6.07) is 16.2. The summed E-state index contributed by atoms with van der Waals surface area (Å²) in [5.41, 5.74) is 2.39. The van der Waals surface area contributed by atoms with Gasteiger partial charge in [-0.1, -0.05) is 30.3 Å². The molecule has 11 heteroatoms. The molecule has 0 spiro atoms. The maximum absolute atomic E-state index is 13.0. The molecule has 186 valence electrons. The SMILES string of the molecule is COC(=O)c1ccc(CN2C(=O)NC(=Cc3cn(Cc4cccc([N+](=O)[O-])c4)c4ccccc34)C2=O)o1. The van der Waals surface area contributed by atoms with Crippen LogP contribution in [-0.4, -0.2) is 39.4 Å². The van der Waals surface area contributed by atoms with Crippen molar-refractivity contribution in [3.63, 3.8) is 0 Å². The fourth-order valence-corrected chi connectivity index (χ4v) is 4.19. The quantitative estimate of drug-likeness (QED) is 0.133. The number of nitrogens with zero attached hydrogens (tertiary/aromatic N) is 3. The van der Waals surface area contributed by atoms with E-state index in [-0.39, 0.29) is 29.4 Å². The number of rotatable bonds is 7. The predicted octanol–water partition coefficient (Wildman–Crippen LogP) is 4.07. The van der Waals surface area contributed by atoms with E-state index < -0.39 is 22.8 Å². The van der Waals surface area contributed by atoms with Crippen molar-refractivity contribution in [2.24, 2.45) is 0 Å². The predicted molar refractivity (Wildman–Crippen MR) is 131 cm³/mol. The van der Waals surface area contributed by atoms with Crippen molar-refractivity contribution >= 4 is 40.6 Å². The van der Waals surface area contributed by atoms with Gasteiger partial charge in [-0.05, 0) is 29.8 Å². The number of benzene rings is 2. The molecule has 3 amide bonds. The Morgan fingerprint density at radius 3 is 2.70 bits per heavy atom. The lowest BCUT2D eigenvalue weighted by molar-refractivity contribution is -0.384. The Balaban J connectivity index is 1.42. The molecular formula is C26H20N4O7. The van der Waals surface area contributed by atoms with E-state index in [9.17, 15) is 24.5 Å². The molecule has 1 saturated heterocycles. The Kier molecular flexibility index (Phi) is 6.02. The zero-order valence-corrected chi connectivity index (χ0v) is 19.5. The van der Waals surface area contributed by atoms with Gasteiger partial charge in [-0.25, -0.2) is 9.59 Å². The maximum atomic E-state index is 13.0. The van der Waals surface area contributed by atoms with Gasteiger partial charge >= 0.3 is 12.0 Å². The van der Waals surface area contributed by atoms with Gasteiger partial charge < -0.3 is 19.0 Å². The number of nitro benzene ring substituents is 1. The molecule has 4 aromatic rings. The highest BCUT2D eigenvalue weighted by molar-refractivity contribution is 6.14. The molecule has 5 rings (SSSR count). The zero-order valence-electron chi connectivity index (χ0n) is 19.5. The second-order valence-corrected chi connectivity index (χ2v) is 8.29. The minimum Gasteiger partial charge on any atom is -0.463 e. The average molecular weight is 500 g/mol. The van der Waals surface area contributed by atoms with E-state index in [1.165, 1.54) is 31.4 Å². The number of urea groups is 1. The van der Waals surface area contributed by atoms with E-state index in [1.54, 1.807) is 18.2 Å². The van der Waals surface area contributed by atoms with Gasteiger partial charge in [-0.15, -0.1) is 0 Å². The number of hydrogen-bond acceptors (Lipinski definition) is 7. The molecule has 0 atom stereocenters. The normalized spacial score (nSPS) is 14.4. The Morgan fingerprint density at radius 1 is 1.11 bits per heavy atom. The second kappa shape index (κ2) is 9.46. The smallest absolute Gasteiger partial charge is 0.373 e. The lowest BCUT2D eigenvalue weighted by atomic mass is 10.1. The molecule has 1 aliphatic heterocycles. The number of nitro groups is 1. The highest BCUT2D eigenvalue weighted by atomic mass is 16.6. The minimum absolute atomic E-state index is 0.00548. The molecule has 1 aliphatic rings. The Bertz CT molecular complexity index is 1600. The zero-order chi connectivity index (χ0) is 26.1. The molecule has 0 unspecified atom stereocenters. The Labute approximate surface area is 209 Å². The van der Waals surface area contributed by atoms with Crippen LogP contribution in [0.5, 0.6) is 0 Å². The largest absolute Gasteiger partial charge is 0.463 e. The van der Waals surface area contributed by atoms with E-state index in [0.29, 0.717) is 12.1 Å². The van der Waals surface area contributed by atoms with Crippen molar-refractivity contribution in [2.75, 3.05) is 7.11 Å². The number of esters is 1. The number of furan rings is 1. The van der Waals surface area contributed by atoms with Crippen LogP contribution in [0.3, 0.4) is 0 Å². The van der Waals surface area contributed by atoms with Gasteiger partial charge in [0, 0.05) is 41.3 Å². The highest BCUT2D eigenvalue weighted by Crippen LogP contribution is 2.27. The summed E-state index contributed by atoms with van der Waals surface area (Å²) in [6.07, 6.45) is 3.42. The van der Waals surface area contributed by atoms with Gasteiger partial charge in [0.25, 0.3) is 11.6 Å². The van der Waals surface area contributed by atoms with Crippen LogP contribution in [0.4, 0.5) is 10.5 Å². The third kappa shape index (κ3) is 4.57. The van der Waals surface area contributed by atoms with Gasteiger partial charge in [0.05, 0.1) is 18.6 Å². The van der Waals surface area contributed by atoms with Gasteiger partial charge in [0.2, 0.25) is 5.76 Å². The van der Waals surface area contributed by atoms with E-state index in [1.807, 2.05) is 35.0 Å². The monoisotopic (exact) mass is 500 g/mol. The summed E-state index contributed by atoms with van der Waals surface area (Å²) in [7, 11) is 1.22. The summed E-state index contributed by atoms with van der Waals surface area (Å²) < 4.78 is 11.9. The van der Waals surface area contributed by atoms with Crippen LogP contribution in [0.15, 0.2) is 77.0 Å². The van der Waals surface area contributed by atoms with E-state index in [4.69, 9.17) is 4.42 Å². The van der Waals surface area contributed by atoms with Crippen LogP contribution < -0.4 is 5.32 Å². The van der Waals surface area contributed by atoms with Crippen LogP contribution in [-0.2, 0) is 22.6 Å². The third-order valence-corrected chi connectivity index (χ3v) is 5.92. The van der Waals surface area contributed by atoms with E-state index in [2.05, 4.69) is 10.1 Å². The lowest BCUT2D eigenvalue weighted by Crippen LogP contribution is -2.30. The summed E-state index contributed by atoms with van der Waals surface area (Å²) in [5.74, 6) is -0.988. The van der Waals surface area contributed by atoms with Crippen molar-refractivity contribution < 1.29 is 28.5 Å². The minimum atomic E-state index is -0.662. The molecule has 0 radical (unpaired) electrons. The number of methoxy groups -OCH3 is 1. The Hall–Kier alpha value is -5.19. The number of ether oxygens (including phenoxy) is 1.